The van der Waals surface area contributed by atoms with E-state index in [2.05, 4.69) is 57.2 Å². The minimum Gasteiger partial charge on any atom is -0.462 e. The molecule has 0 radical (unpaired) electrons. The lowest BCUT2D eigenvalue weighted by atomic mass is 10.0. The van der Waals surface area contributed by atoms with Crippen LogP contribution in [0.25, 0.3) is 0 Å². The molecule has 0 aromatic heterocycles. The summed E-state index contributed by atoms with van der Waals surface area (Å²) in [5, 5.41) is 0. The van der Waals surface area contributed by atoms with Crippen LogP contribution >= 0.6 is 0 Å². The van der Waals surface area contributed by atoms with E-state index in [0.29, 0.717) is 19.3 Å². The van der Waals surface area contributed by atoms with Crippen LogP contribution in [0.2, 0.25) is 0 Å². The molecular formula is C73H136O6. The molecule has 0 aliphatic rings. The number of allylic oxidation sites excluding steroid dienone is 6. The summed E-state index contributed by atoms with van der Waals surface area (Å²) in [4.78, 5) is 38.5. The van der Waals surface area contributed by atoms with Crippen LogP contribution in [-0.4, -0.2) is 37.2 Å². The Morgan fingerprint density at radius 1 is 0.253 bits per heavy atom. The van der Waals surface area contributed by atoms with Crippen LogP contribution in [0.3, 0.4) is 0 Å². The fourth-order valence-corrected chi connectivity index (χ4v) is 10.8. The fraction of sp³-hybridized carbons (Fsp3) is 0.877. The summed E-state index contributed by atoms with van der Waals surface area (Å²) >= 11 is 0. The third-order valence-electron chi connectivity index (χ3n) is 16.1. The highest BCUT2D eigenvalue weighted by Gasteiger charge is 2.19. The van der Waals surface area contributed by atoms with Crippen molar-refractivity contribution in [3.05, 3.63) is 36.5 Å². The zero-order valence-electron chi connectivity index (χ0n) is 53.4. The molecule has 79 heavy (non-hydrogen) atoms. The molecule has 6 heteroatoms. The molecule has 0 aliphatic carbocycles. The van der Waals surface area contributed by atoms with Gasteiger partial charge in [0.25, 0.3) is 0 Å². The van der Waals surface area contributed by atoms with Crippen LogP contribution in [0.15, 0.2) is 36.5 Å². The Kier molecular flexibility index (Phi) is 66.1. The maximum atomic E-state index is 13.0. The highest BCUT2D eigenvalue weighted by atomic mass is 16.6. The van der Waals surface area contributed by atoms with Crippen molar-refractivity contribution in [2.24, 2.45) is 0 Å². The average Bonchev–Trinajstić information content (AvgIpc) is 3.45. The van der Waals surface area contributed by atoms with Crippen molar-refractivity contribution in [3.8, 4) is 0 Å². The topological polar surface area (TPSA) is 78.9 Å². The van der Waals surface area contributed by atoms with Gasteiger partial charge in [-0.15, -0.1) is 0 Å². The van der Waals surface area contributed by atoms with E-state index in [1.807, 2.05) is 0 Å². The molecule has 0 aromatic carbocycles. The maximum absolute atomic E-state index is 13.0. The molecule has 0 aliphatic heterocycles. The minimum absolute atomic E-state index is 0.0688. The van der Waals surface area contributed by atoms with Crippen molar-refractivity contribution < 1.29 is 28.6 Å². The molecule has 0 N–H and O–H groups in total. The van der Waals surface area contributed by atoms with Crippen molar-refractivity contribution in [2.75, 3.05) is 13.2 Å². The molecule has 0 rings (SSSR count). The number of unbranched alkanes of at least 4 members (excludes halogenated alkanes) is 49. The minimum atomic E-state index is -0.773. The number of carbonyl (C=O) groups is 3. The summed E-state index contributed by atoms with van der Waals surface area (Å²) in [7, 11) is 0. The van der Waals surface area contributed by atoms with Gasteiger partial charge in [0.2, 0.25) is 0 Å². The van der Waals surface area contributed by atoms with Gasteiger partial charge in [-0.3, -0.25) is 14.4 Å². The largest absolute Gasteiger partial charge is 0.462 e. The van der Waals surface area contributed by atoms with Gasteiger partial charge in [-0.1, -0.05) is 333 Å². The Balaban J connectivity index is 4.32. The molecule has 1 atom stereocenters. The van der Waals surface area contributed by atoms with Gasteiger partial charge in [0.1, 0.15) is 13.2 Å². The number of esters is 3. The fourth-order valence-electron chi connectivity index (χ4n) is 10.8. The van der Waals surface area contributed by atoms with Crippen LogP contribution in [0.4, 0.5) is 0 Å². The molecule has 0 fully saturated rings. The number of ether oxygens (including phenoxy) is 3. The highest BCUT2D eigenvalue weighted by Crippen LogP contribution is 2.18. The Labute approximate surface area is 493 Å². The predicted molar refractivity (Wildman–Crippen MR) is 344 cm³/mol. The first kappa shape index (κ1) is 76.6. The first-order valence-electron chi connectivity index (χ1n) is 35.5. The van der Waals surface area contributed by atoms with Crippen molar-refractivity contribution in [1.29, 1.82) is 0 Å². The molecule has 0 spiro atoms. The number of hydrogen-bond acceptors (Lipinski definition) is 6. The molecule has 0 amide bonds. The molecular weight excluding hydrogens is 973 g/mol. The molecule has 0 saturated heterocycles. The zero-order valence-corrected chi connectivity index (χ0v) is 53.4. The third-order valence-corrected chi connectivity index (χ3v) is 16.1. The van der Waals surface area contributed by atoms with Gasteiger partial charge in [0.05, 0.1) is 0 Å². The van der Waals surface area contributed by atoms with Crippen molar-refractivity contribution in [3.63, 3.8) is 0 Å². The standard InChI is InChI=1S/C73H136O6/c1-4-7-10-13-16-19-22-25-28-31-34-36-39-42-45-48-51-54-57-60-63-66-72(75)78-69-70(68-77-71(74)65-62-59-56-53-50-47-44-41-38-33-30-27-24-21-18-15-12-9-6-3)79-73(76)67-64-61-58-55-52-49-46-43-40-37-35-32-29-26-23-20-17-14-11-8-5-2/h18,21,25,27-28,30,70H,4-17,19-20,22-24,26,29,31-69H2,1-3H3/b21-18-,28-25-,30-27-/t70-/m1/s1. The zero-order chi connectivity index (χ0) is 57.1. The molecule has 0 bridgehead atoms. The lowest BCUT2D eigenvalue weighted by Crippen LogP contribution is -2.30. The summed E-state index contributed by atoms with van der Waals surface area (Å²) in [6.45, 7) is 6.69. The molecule has 0 aromatic rings. The summed E-state index contributed by atoms with van der Waals surface area (Å²) in [5.74, 6) is -0.842. The lowest BCUT2D eigenvalue weighted by molar-refractivity contribution is -0.167. The quantitative estimate of drug-likeness (QED) is 0.0261. The van der Waals surface area contributed by atoms with E-state index in [9.17, 15) is 14.4 Å². The molecule has 6 nitrogen and oxygen atoms in total. The number of rotatable bonds is 66. The van der Waals surface area contributed by atoms with Crippen LogP contribution < -0.4 is 0 Å². The van der Waals surface area contributed by atoms with Gasteiger partial charge < -0.3 is 14.2 Å². The summed E-state index contributed by atoms with van der Waals surface area (Å²) < 4.78 is 17.0. The van der Waals surface area contributed by atoms with Crippen molar-refractivity contribution in [1.82, 2.24) is 0 Å². The van der Waals surface area contributed by atoms with Crippen molar-refractivity contribution >= 4 is 17.9 Å². The van der Waals surface area contributed by atoms with Crippen LogP contribution in [0, 0.1) is 0 Å². The Morgan fingerprint density at radius 3 is 0.734 bits per heavy atom. The van der Waals surface area contributed by atoms with E-state index < -0.39 is 6.10 Å². The first-order valence-corrected chi connectivity index (χ1v) is 35.5. The van der Waals surface area contributed by atoms with Gasteiger partial charge in [-0.05, 0) is 77.0 Å². The van der Waals surface area contributed by atoms with Crippen LogP contribution in [0.1, 0.15) is 393 Å². The van der Waals surface area contributed by atoms with E-state index in [0.717, 1.165) is 64.2 Å². The predicted octanol–water partition coefficient (Wildman–Crippen LogP) is 24.3. The smallest absolute Gasteiger partial charge is 0.306 e. The van der Waals surface area contributed by atoms with E-state index in [-0.39, 0.29) is 31.1 Å². The Hall–Kier alpha value is -2.37. The second-order valence-electron chi connectivity index (χ2n) is 24.1. The average molecular weight is 1110 g/mol. The Morgan fingerprint density at radius 2 is 0.456 bits per heavy atom. The van der Waals surface area contributed by atoms with Gasteiger partial charge in [0.15, 0.2) is 6.10 Å². The molecule has 0 heterocycles. The van der Waals surface area contributed by atoms with Crippen LogP contribution in [-0.2, 0) is 28.6 Å². The van der Waals surface area contributed by atoms with E-state index in [4.69, 9.17) is 14.2 Å². The normalized spacial score (nSPS) is 12.2. The summed E-state index contributed by atoms with van der Waals surface area (Å²) in [5.41, 5.74) is 0. The monoisotopic (exact) mass is 1110 g/mol. The third kappa shape index (κ3) is 66.3. The lowest BCUT2D eigenvalue weighted by Gasteiger charge is -2.18. The maximum Gasteiger partial charge on any atom is 0.306 e. The number of carbonyl (C=O) groups excluding carboxylic acids is 3. The van der Waals surface area contributed by atoms with Gasteiger partial charge in [-0.25, -0.2) is 0 Å². The molecule has 464 valence electrons. The van der Waals surface area contributed by atoms with Gasteiger partial charge in [-0.2, -0.15) is 0 Å². The SMILES string of the molecule is CCCCC/C=C\C/C=C\CCCCCCCCCCCC(=O)OC[C@H](COC(=O)CCCCCCCCCCCCC/C=C\CCCCCCCC)OC(=O)CCCCCCCCCCCCCCCCCCCCCCC. The summed E-state index contributed by atoms with van der Waals surface area (Å²) in [6, 6.07) is 0. The van der Waals surface area contributed by atoms with Gasteiger partial charge in [0, 0.05) is 19.3 Å². The van der Waals surface area contributed by atoms with Gasteiger partial charge >= 0.3 is 17.9 Å². The van der Waals surface area contributed by atoms with Crippen LogP contribution in [0.5, 0.6) is 0 Å². The molecule has 0 unspecified atom stereocenters. The Bertz CT molecular complexity index is 1320. The second-order valence-corrected chi connectivity index (χ2v) is 24.1. The van der Waals surface area contributed by atoms with E-state index in [1.54, 1.807) is 0 Å². The van der Waals surface area contributed by atoms with E-state index in [1.165, 1.54) is 289 Å². The first-order chi connectivity index (χ1) is 39.0. The number of hydrogen-bond donors (Lipinski definition) is 0. The van der Waals surface area contributed by atoms with Crippen molar-refractivity contribution in [2.45, 2.75) is 399 Å². The second kappa shape index (κ2) is 68.1. The van der Waals surface area contributed by atoms with E-state index >= 15 is 0 Å². The highest BCUT2D eigenvalue weighted by molar-refractivity contribution is 5.71. The summed E-state index contributed by atoms with van der Waals surface area (Å²) in [6.07, 6.45) is 84.5. The molecule has 0 saturated carbocycles.